The summed E-state index contributed by atoms with van der Waals surface area (Å²) in [6.45, 7) is 6.32. The summed E-state index contributed by atoms with van der Waals surface area (Å²) >= 11 is 7.84. The number of halogens is 1. The zero-order chi connectivity index (χ0) is 20.0. The summed E-state index contributed by atoms with van der Waals surface area (Å²) < 4.78 is 0. The van der Waals surface area contributed by atoms with Gasteiger partial charge in [-0.05, 0) is 38.5 Å². The van der Waals surface area contributed by atoms with Crippen molar-refractivity contribution in [2.45, 2.75) is 39.4 Å². The van der Waals surface area contributed by atoms with E-state index in [0.717, 1.165) is 27.7 Å². The summed E-state index contributed by atoms with van der Waals surface area (Å²) in [6, 6.07) is 7.33. The van der Waals surface area contributed by atoms with E-state index in [9.17, 15) is 4.79 Å². The average molecular weight is 416 g/mol. The van der Waals surface area contributed by atoms with Crippen LogP contribution in [0, 0.1) is 13.8 Å². The fraction of sp³-hybridized carbons (Fsp3) is 0.350. The van der Waals surface area contributed by atoms with Gasteiger partial charge in [0.15, 0.2) is 5.84 Å². The Bertz CT molecular complexity index is 995. The van der Waals surface area contributed by atoms with Crippen molar-refractivity contribution >= 4 is 45.4 Å². The van der Waals surface area contributed by atoms with Crippen LogP contribution in [-0.4, -0.2) is 36.7 Å². The minimum atomic E-state index is -0.373. The van der Waals surface area contributed by atoms with E-state index >= 15 is 0 Å². The molecule has 3 heterocycles. The SMILES string of the molecule is CNC(=O)C[C@@H]1N=C(c2ccc(Cl)cc2)c2c(sc(C)c2C)N2C1=NNC2C. The molecule has 4 rings (SSSR count). The number of nitrogens with zero attached hydrogens (tertiary/aromatic N) is 3. The Kier molecular flexibility index (Phi) is 4.89. The predicted octanol–water partition coefficient (Wildman–Crippen LogP) is 3.44. The van der Waals surface area contributed by atoms with E-state index in [1.54, 1.807) is 18.4 Å². The van der Waals surface area contributed by atoms with Crippen LogP contribution in [0.25, 0.3) is 0 Å². The van der Waals surface area contributed by atoms with Crippen molar-refractivity contribution in [2.24, 2.45) is 10.1 Å². The minimum absolute atomic E-state index is 0.00171. The second-order valence-electron chi connectivity index (χ2n) is 6.99. The molecule has 28 heavy (non-hydrogen) atoms. The van der Waals surface area contributed by atoms with Gasteiger partial charge in [0.25, 0.3) is 0 Å². The molecule has 0 aliphatic carbocycles. The largest absolute Gasteiger partial charge is 0.359 e. The number of benzene rings is 1. The highest BCUT2D eigenvalue weighted by Crippen LogP contribution is 2.41. The summed E-state index contributed by atoms with van der Waals surface area (Å²) in [5.74, 6) is 0.715. The van der Waals surface area contributed by atoms with E-state index < -0.39 is 0 Å². The molecule has 1 unspecified atom stereocenters. The predicted molar refractivity (Wildman–Crippen MR) is 116 cm³/mol. The molecule has 1 amide bonds. The standard InChI is InChI=1S/C20H22ClN5OS/c1-10-11(2)28-20-17(10)18(13-5-7-14(21)8-6-13)23-15(9-16(27)22-4)19-25-24-12(3)26(19)20/h5-8,12,15,24H,9H2,1-4H3,(H,22,27)/t12?,15-/m0/s1. The molecule has 0 fully saturated rings. The molecule has 0 bridgehead atoms. The Morgan fingerprint density at radius 2 is 2.04 bits per heavy atom. The summed E-state index contributed by atoms with van der Waals surface area (Å²) in [7, 11) is 1.64. The first kappa shape index (κ1) is 19.0. The molecule has 0 saturated carbocycles. The number of amides is 1. The van der Waals surface area contributed by atoms with Crippen LogP contribution in [0.3, 0.4) is 0 Å². The number of amidine groups is 1. The molecule has 1 aromatic heterocycles. The number of hydrogen-bond donors (Lipinski definition) is 2. The van der Waals surface area contributed by atoms with Gasteiger partial charge in [-0.2, -0.15) is 5.10 Å². The van der Waals surface area contributed by atoms with Crippen LogP contribution in [0.4, 0.5) is 5.00 Å². The van der Waals surface area contributed by atoms with Crippen molar-refractivity contribution in [3.63, 3.8) is 0 Å². The molecular weight excluding hydrogens is 394 g/mol. The van der Waals surface area contributed by atoms with Gasteiger partial charge in [-0.15, -0.1) is 11.3 Å². The van der Waals surface area contributed by atoms with E-state index in [1.807, 2.05) is 24.3 Å². The van der Waals surface area contributed by atoms with Crippen LogP contribution in [0.1, 0.15) is 34.9 Å². The van der Waals surface area contributed by atoms with Gasteiger partial charge in [0.05, 0.1) is 12.1 Å². The number of rotatable bonds is 3. The lowest BCUT2D eigenvalue weighted by molar-refractivity contribution is -0.120. The number of carbonyl (C=O) groups excluding carboxylic acids is 1. The van der Waals surface area contributed by atoms with E-state index in [-0.39, 0.29) is 24.5 Å². The van der Waals surface area contributed by atoms with Crippen molar-refractivity contribution in [2.75, 3.05) is 11.9 Å². The van der Waals surface area contributed by atoms with Crippen molar-refractivity contribution < 1.29 is 4.79 Å². The summed E-state index contributed by atoms with van der Waals surface area (Å²) in [4.78, 5) is 20.7. The Balaban J connectivity index is 1.95. The quantitative estimate of drug-likeness (QED) is 0.806. The first-order valence-corrected chi connectivity index (χ1v) is 10.4. The van der Waals surface area contributed by atoms with E-state index in [2.05, 4.69) is 41.5 Å². The number of carbonyl (C=O) groups is 1. The molecule has 8 heteroatoms. The molecule has 0 radical (unpaired) electrons. The average Bonchev–Trinajstić information content (AvgIpc) is 3.15. The highest BCUT2D eigenvalue weighted by molar-refractivity contribution is 7.17. The zero-order valence-electron chi connectivity index (χ0n) is 16.2. The Morgan fingerprint density at radius 1 is 1.32 bits per heavy atom. The first-order chi connectivity index (χ1) is 13.4. The molecule has 1 aromatic carbocycles. The van der Waals surface area contributed by atoms with Crippen LogP contribution in [0.15, 0.2) is 34.4 Å². The van der Waals surface area contributed by atoms with E-state index in [4.69, 9.17) is 16.6 Å². The van der Waals surface area contributed by atoms with Crippen LogP contribution >= 0.6 is 22.9 Å². The van der Waals surface area contributed by atoms with Crippen molar-refractivity contribution in [1.82, 2.24) is 10.7 Å². The van der Waals surface area contributed by atoms with Crippen LogP contribution < -0.4 is 15.6 Å². The maximum absolute atomic E-state index is 12.2. The van der Waals surface area contributed by atoms with Gasteiger partial charge < -0.3 is 5.32 Å². The lowest BCUT2D eigenvalue weighted by Gasteiger charge is -2.24. The fourth-order valence-corrected chi connectivity index (χ4v) is 4.93. The lowest BCUT2D eigenvalue weighted by Crippen LogP contribution is -2.42. The monoisotopic (exact) mass is 415 g/mol. The molecule has 2 N–H and O–H groups in total. The number of aliphatic imine (C=N–C) groups is 1. The maximum atomic E-state index is 12.2. The molecule has 0 spiro atoms. The van der Waals surface area contributed by atoms with Crippen molar-refractivity contribution in [3.8, 4) is 0 Å². The Hall–Kier alpha value is -2.38. The smallest absolute Gasteiger partial charge is 0.222 e. The number of anilines is 1. The molecule has 2 atom stereocenters. The third kappa shape index (κ3) is 3.08. The second kappa shape index (κ2) is 7.22. The van der Waals surface area contributed by atoms with Crippen LogP contribution in [-0.2, 0) is 4.79 Å². The van der Waals surface area contributed by atoms with Gasteiger partial charge in [-0.3, -0.25) is 20.1 Å². The summed E-state index contributed by atoms with van der Waals surface area (Å²) in [5, 5.41) is 9.04. The highest BCUT2D eigenvalue weighted by Gasteiger charge is 2.39. The van der Waals surface area contributed by atoms with Gasteiger partial charge in [0, 0.05) is 28.1 Å². The molecule has 2 aliphatic rings. The summed E-state index contributed by atoms with van der Waals surface area (Å²) in [6.07, 6.45) is 0.239. The normalized spacial score (nSPS) is 20.5. The van der Waals surface area contributed by atoms with E-state index in [1.165, 1.54) is 10.4 Å². The molecule has 2 aliphatic heterocycles. The minimum Gasteiger partial charge on any atom is -0.359 e. The van der Waals surface area contributed by atoms with Gasteiger partial charge >= 0.3 is 0 Å². The fourth-order valence-electron chi connectivity index (χ4n) is 3.56. The zero-order valence-corrected chi connectivity index (χ0v) is 17.8. The van der Waals surface area contributed by atoms with Crippen LogP contribution in [0.5, 0.6) is 0 Å². The number of fused-ring (bicyclic) bond motifs is 3. The number of hydrazone groups is 1. The topological polar surface area (TPSA) is 69.1 Å². The molecule has 6 nitrogen and oxygen atoms in total. The van der Waals surface area contributed by atoms with Crippen molar-refractivity contribution in [3.05, 3.63) is 50.9 Å². The Labute approximate surface area is 173 Å². The maximum Gasteiger partial charge on any atom is 0.222 e. The van der Waals surface area contributed by atoms with Gasteiger partial charge in [0.1, 0.15) is 17.2 Å². The third-order valence-corrected chi connectivity index (χ3v) is 6.64. The molecule has 146 valence electrons. The van der Waals surface area contributed by atoms with Crippen LogP contribution in [0.2, 0.25) is 5.02 Å². The van der Waals surface area contributed by atoms with Gasteiger partial charge in [-0.25, -0.2) is 0 Å². The van der Waals surface area contributed by atoms with E-state index in [0.29, 0.717) is 5.02 Å². The molecular formula is C20H22ClN5OS. The van der Waals surface area contributed by atoms with Gasteiger partial charge in [-0.1, -0.05) is 23.7 Å². The van der Waals surface area contributed by atoms with Crippen molar-refractivity contribution in [1.29, 1.82) is 0 Å². The number of nitrogens with one attached hydrogen (secondary N) is 2. The third-order valence-electron chi connectivity index (χ3n) is 5.18. The summed E-state index contributed by atoms with van der Waals surface area (Å²) in [5.41, 5.74) is 7.31. The van der Waals surface area contributed by atoms with Gasteiger partial charge in [0.2, 0.25) is 5.91 Å². The Morgan fingerprint density at radius 3 is 2.71 bits per heavy atom. The number of hydrogen-bond acceptors (Lipinski definition) is 6. The molecule has 0 saturated heterocycles. The lowest BCUT2D eigenvalue weighted by atomic mass is 9.99. The molecule has 2 aromatic rings. The number of thiophene rings is 1. The highest BCUT2D eigenvalue weighted by atomic mass is 35.5. The number of aryl methyl sites for hydroxylation is 1. The first-order valence-electron chi connectivity index (χ1n) is 9.17. The second-order valence-corrected chi connectivity index (χ2v) is 8.63.